The van der Waals surface area contributed by atoms with Gasteiger partial charge in [-0.2, -0.15) is 0 Å². The van der Waals surface area contributed by atoms with Gasteiger partial charge in [-0.3, -0.25) is 8.96 Å². The average molecular weight is 427 g/mol. The van der Waals surface area contributed by atoms with E-state index in [4.69, 9.17) is 10.7 Å². The van der Waals surface area contributed by atoms with Crippen molar-refractivity contribution in [3.8, 4) is 0 Å². The summed E-state index contributed by atoms with van der Waals surface area (Å²) in [6, 6.07) is 6.77. The third-order valence-electron chi connectivity index (χ3n) is 4.73. The summed E-state index contributed by atoms with van der Waals surface area (Å²) < 4.78 is 49.0. The molecule has 0 amide bonds. The molecule has 0 aromatic carbocycles. The molecule has 27 heavy (non-hydrogen) atoms. The lowest BCUT2D eigenvalue weighted by Crippen LogP contribution is -2.38. The molecule has 0 saturated carbocycles. The number of pyridine rings is 1. The Morgan fingerprint density at radius 2 is 1.96 bits per heavy atom. The van der Waals surface area contributed by atoms with E-state index in [1.807, 2.05) is 37.3 Å². The minimum absolute atomic E-state index is 0.0827. The zero-order chi connectivity index (χ0) is 19.9. The Hall–Kier alpha value is -1.90. The van der Waals surface area contributed by atoms with Crippen LogP contribution in [0.2, 0.25) is 0 Å². The van der Waals surface area contributed by atoms with Gasteiger partial charge in [-0.1, -0.05) is 31.2 Å². The highest BCUT2D eigenvalue weighted by Crippen LogP contribution is 2.36. The van der Waals surface area contributed by atoms with Crippen molar-refractivity contribution < 1.29 is 16.8 Å². The average Bonchev–Trinajstić information content (AvgIpc) is 3.13. The molecule has 0 radical (unpaired) electrons. The summed E-state index contributed by atoms with van der Waals surface area (Å²) in [5.74, 6) is -0.0827. The van der Waals surface area contributed by atoms with Crippen molar-refractivity contribution in [3.05, 3.63) is 72.4 Å². The molecule has 9 heteroatoms. The first-order chi connectivity index (χ1) is 12.5. The van der Waals surface area contributed by atoms with Gasteiger partial charge in [-0.05, 0) is 37.1 Å². The van der Waals surface area contributed by atoms with Crippen LogP contribution in [0.1, 0.15) is 31.9 Å². The van der Waals surface area contributed by atoms with Gasteiger partial charge in [0.25, 0.3) is 9.05 Å². The molecule has 0 bridgehead atoms. The first kappa shape index (κ1) is 19.9. The minimum Gasteiger partial charge on any atom is -0.261 e. The molecule has 0 N–H and O–H groups in total. The van der Waals surface area contributed by atoms with E-state index in [-0.39, 0.29) is 17.2 Å². The summed E-state index contributed by atoms with van der Waals surface area (Å²) in [7, 11) is -2.60. The minimum atomic E-state index is -4.00. The van der Waals surface area contributed by atoms with E-state index in [0.717, 1.165) is 21.4 Å². The van der Waals surface area contributed by atoms with E-state index < -0.39 is 23.8 Å². The third-order valence-corrected chi connectivity index (χ3v) is 8.31. The molecule has 3 rings (SSSR count). The van der Waals surface area contributed by atoms with Gasteiger partial charge in [0.2, 0.25) is 10.0 Å². The maximum absolute atomic E-state index is 13.2. The molecule has 0 aliphatic heterocycles. The van der Waals surface area contributed by atoms with E-state index in [1.165, 1.54) is 12.3 Å². The van der Waals surface area contributed by atoms with Crippen molar-refractivity contribution in [3.63, 3.8) is 0 Å². The summed E-state index contributed by atoms with van der Waals surface area (Å²) in [6.45, 7) is 3.58. The second-order valence-corrected chi connectivity index (χ2v) is 11.5. The largest absolute Gasteiger partial charge is 0.262 e. The van der Waals surface area contributed by atoms with Crippen LogP contribution in [-0.4, -0.2) is 30.5 Å². The molecule has 144 valence electrons. The summed E-state index contributed by atoms with van der Waals surface area (Å²) in [4.78, 5) is 4.09. The standard InChI is InChI=1S/C18H19ClN2O4S2/c1-14(17-7-3-4-10-20-17)15-6-5-9-18(2,12-15)27(24,25)21-11-8-16(13-21)26(19,22)23/h3-8,10-14H,9H2,1-2H3. The van der Waals surface area contributed by atoms with Crippen molar-refractivity contribution in [1.82, 2.24) is 8.96 Å². The first-order valence-electron chi connectivity index (χ1n) is 8.23. The predicted molar refractivity (Wildman–Crippen MR) is 105 cm³/mol. The molecule has 0 spiro atoms. The zero-order valence-corrected chi connectivity index (χ0v) is 17.2. The van der Waals surface area contributed by atoms with Crippen molar-refractivity contribution in [2.45, 2.75) is 35.8 Å². The van der Waals surface area contributed by atoms with E-state index in [0.29, 0.717) is 0 Å². The van der Waals surface area contributed by atoms with E-state index in [2.05, 4.69) is 4.98 Å². The number of aromatic nitrogens is 2. The maximum atomic E-state index is 13.2. The number of halogens is 1. The first-order valence-corrected chi connectivity index (χ1v) is 12.0. The highest BCUT2D eigenvalue weighted by Gasteiger charge is 2.40. The molecule has 2 aromatic rings. The van der Waals surface area contributed by atoms with Crippen LogP contribution in [0.4, 0.5) is 0 Å². The third kappa shape index (κ3) is 3.74. The van der Waals surface area contributed by atoms with Crippen LogP contribution in [0.15, 0.2) is 71.6 Å². The number of nitrogens with zero attached hydrogens (tertiary/aromatic N) is 2. The van der Waals surface area contributed by atoms with E-state index >= 15 is 0 Å². The summed E-state index contributed by atoms with van der Waals surface area (Å²) in [5.41, 5.74) is 1.68. The topological polar surface area (TPSA) is 86.1 Å². The van der Waals surface area contributed by atoms with E-state index in [1.54, 1.807) is 19.2 Å². The second-order valence-electron chi connectivity index (χ2n) is 6.66. The molecule has 6 nitrogen and oxygen atoms in total. The van der Waals surface area contributed by atoms with Crippen molar-refractivity contribution in [2.75, 3.05) is 0 Å². The number of allylic oxidation sites excluding steroid dienone is 3. The van der Waals surface area contributed by atoms with Crippen LogP contribution in [0.3, 0.4) is 0 Å². The van der Waals surface area contributed by atoms with Gasteiger partial charge in [-0.25, -0.2) is 16.8 Å². The zero-order valence-electron chi connectivity index (χ0n) is 14.8. The number of rotatable bonds is 5. The summed E-state index contributed by atoms with van der Waals surface area (Å²) in [5, 5.41) is 0. The fraction of sp³-hybridized carbons (Fsp3) is 0.278. The molecular formula is C18H19ClN2O4S2. The van der Waals surface area contributed by atoms with Gasteiger partial charge in [-0.15, -0.1) is 0 Å². The highest BCUT2D eigenvalue weighted by molar-refractivity contribution is 8.13. The van der Waals surface area contributed by atoms with Crippen LogP contribution in [0.5, 0.6) is 0 Å². The fourth-order valence-corrected chi connectivity index (χ4v) is 5.38. The molecule has 2 aromatic heterocycles. The molecule has 0 fully saturated rings. The lowest BCUT2D eigenvalue weighted by atomic mass is 9.88. The van der Waals surface area contributed by atoms with Gasteiger partial charge in [0.1, 0.15) is 9.64 Å². The molecule has 1 aliphatic carbocycles. The van der Waals surface area contributed by atoms with Crippen molar-refractivity contribution >= 4 is 29.8 Å². The van der Waals surface area contributed by atoms with Crippen molar-refractivity contribution in [2.24, 2.45) is 0 Å². The van der Waals surface area contributed by atoms with Crippen LogP contribution >= 0.6 is 10.7 Å². The SMILES string of the molecule is CC(C1=CC(C)(S(=O)(=O)n2ccc(S(=O)(=O)Cl)c2)CC=C1)c1ccccn1. The van der Waals surface area contributed by atoms with Crippen LogP contribution in [0, 0.1) is 0 Å². The molecular weight excluding hydrogens is 408 g/mol. The molecule has 2 atom stereocenters. The number of hydrogen-bond acceptors (Lipinski definition) is 5. The van der Waals surface area contributed by atoms with E-state index in [9.17, 15) is 16.8 Å². The second kappa shape index (κ2) is 6.92. The summed E-state index contributed by atoms with van der Waals surface area (Å²) in [6.07, 6.45) is 9.63. The maximum Gasteiger partial charge on any atom is 0.262 e. The summed E-state index contributed by atoms with van der Waals surface area (Å²) >= 11 is 0. The lowest BCUT2D eigenvalue weighted by Gasteiger charge is -2.30. The molecule has 2 unspecified atom stereocenters. The number of hydrogen-bond donors (Lipinski definition) is 0. The Morgan fingerprint density at radius 1 is 1.22 bits per heavy atom. The predicted octanol–water partition coefficient (Wildman–Crippen LogP) is 3.44. The van der Waals surface area contributed by atoms with Gasteiger partial charge < -0.3 is 0 Å². The fourth-order valence-electron chi connectivity index (χ4n) is 3.03. The normalized spacial score (nSPS) is 21.7. The van der Waals surface area contributed by atoms with Gasteiger partial charge in [0, 0.05) is 40.9 Å². The Labute approximate surface area is 163 Å². The lowest BCUT2D eigenvalue weighted by molar-refractivity contribution is 0.551. The van der Waals surface area contributed by atoms with Gasteiger partial charge in [0.05, 0.1) is 0 Å². The van der Waals surface area contributed by atoms with Gasteiger partial charge >= 0.3 is 0 Å². The van der Waals surface area contributed by atoms with Crippen molar-refractivity contribution in [1.29, 1.82) is 0 Å². The van der Waals surface area contributed by atoms with Crippen LogP contribution in [-0.2, 0) is 19.1 Å². The molecule has 0 saturated heterocycles. The monoisotopic (exact) mass is 426 g/mol. The van der Waals surface area contributed by atoms with Crippen LogP contribution in [0.25, 0.3) is 0 Å². The van der Waals surface area contributed by atoms with Gasteiger partial charge in [0.15, 0.2) is 0 Å². The Bertz CT molecular complexity index is 1120. The Kier molecular flexibility index (Phi) is 5.09. The molecule has 1 aliphatic rings. The smallest absolute Gasteiger partial charge is 0.261 e. The molecule has 2 heterocycles. The Balaban J connectivity index is 2.01. The van der Waals surface area contributed by atoms with Crippen LogP contribution < -0.4 is 0 Å². The highest BCUT2D eigenvalue weighted by atomic mass is 35.7. The quantitative estimate of drug-likeness (QED) is 0.683. The Morgan fingerprint density at radius 3 is 2.56 bits per heavy atom.